The molecule has 0 radical (unpaired) electrons. The predicted octanol–water partition coefficient (Wildman–Crippen LogP) is -3.04. The van der Waals surface area contributed by atoms with Crippen LogP contribution in [0.2, 0.25) is 0 Å². The Morgan fingerprint density at radius 2 is 1.08 bits per heavy atom. The summed E-state index contributed by atoms with van der Waals surface area (Å²) >= 11 is 0. The van der Waals surface area contributed by atoms with Crippen LogP contribution in [0.5, 0.6) is 0 Å². The van der Waals surface area contributed by atoms with E-state index in [1.165, 1.54) is 13.1 Å². The van der Waals surface area contributed by atoms with Gasteiger partial charge in [0.05, 0.1) is 0 Å². The summed E-state index contributed by atoms with van der Waals surface area (Å²) < 4.78 is 0. The maximum absolute atomic E-state index is 5.56. The molecular weight excluding hydrogens is 304 g/mol. The minimum absolute atomic E-state index is 0.724. The average Bonchev–Trinajstić information content (AvgIpc) is 2.63. The van der Waals surface area contributed by atoms with E-state index in [9.17, 15) is 0 Å². The summed E-state index contributed by atoms with van der Waals surface area (Å²) in [5.41, 5.74) is 16.5. The molecule has 0 unspecified atom stereocenters. The number of rotatable bonds is 9. The Balaban J connectivity index is 0.000000272. The van der Waals surface area contributed by atoms with Gasteiger partial charge in [0.1, 0.15) is 0 Å². The monoisotopic (exact) mass is 344 g/mol. The molecule has 0 amide bonds. The van der Waals surface area contributed by atoms with Crippen molar-refractivity contribution in [2.24, 2.45) is 17.2 Å². The summed E-state index contributed by atoms with van der Waals surface area (Å²) in [6, 6.07) is 0. The van der Waals surface area contributed by atoms with Crippen molar-refractivity contribution in [1.82, 2.24) is 25.3 Å². The van der Waals surface area contributed by atoms with Crippen molar-refractivity contribution in [1.29, 1.82) is 0 Å². The Hall–Kier alpha value is -0.320. The largest absolute Gasteiger partial charge is 0.329 e. The maximum Gasteiger partial charge on any atom is 0.0110 e. The molecule has 144 valence electrons. The zero-order chi connectivity index (χ0) is 17.5. The highest BCUT2D eigenvalue weighted by molar-refractivity contribution is 4.70. The molecule has 2 saturated heterocycles. The fraction of sp³-hybridized carbons (Fsp3) is 1.00. The highest BCUT2D eigenvalue weighted by Gasteiger charge is 2.10. The molecule has 0 aliphatic carbocycles. The molecule has 0 aromatic rings. The van der Waals surface area contributed by atoms with E-state index in [1.54, 1.807) is 0 Å². The number of hydrogen-bond acceptors (Lipinski definition) is 8. The van der Waals surface area contributed by atoms with Gasteiger partial charge in [-0.25, -0.2) is 0 Å². The van der Waals surface area contributed by atoms with Crippen molar-refractivity contribution in [2.45, 2.75) is 0 Å². The fourth-order valence-electron chi connectivity index (χ4n) is 3.04. The standard InChI is InChI=1S/C10H25N5.C6H15N3/c11-1-5-14(6-2-12)9-10-15-7-3-13-4-8-15;7-1-4-9-5-2-8-3-6-9/h13H,1-12H2;8H,1-7H2. The van der Waals surface area contributed by atoms with Crippen molar-refractivity contribution in [3.8, 4) is 0 Å². The lowest BCUT2D eigenvalue weighted by Gasteiger charge is -2.30. The van der Waals surface area contributed by atoms with Crippen LogP contribution >= 0.6 is 0 Å². The number of piperazine rings is 2. The van der Waals surface area contributed by atoms with Crippen LogP contribution in [-0.2, 0) is 0 Å². The molecule has 2 aliphatic rings. The van der Waals surface area contributed by atoms with Crippen molar-refractivity contribution in [2.75, 3.05) is 105 Å². The molecule has 0 aromatic carbocycles. The first-order chi connectivity index (χ1) is 11.8. The first-order valence-electron chi connectivity index (χ1n) is 9.49. The number of hydrogen-bond donors (Lipinski definition) is 5. The number of nitrogens with one attached hydrogen (secondary N) is 2. The first kappa shape index (κ1) is 21.7. The Morgan fingerprint density at radius 3 is 1.50 bits per heavy atom. The third-order valence-corrected chi connectivity index (χ3v) is 4.49. The highest BCUT2D eigenvalue weighted by Crippen LogP contribution is 1.94. The SMILES string of the molecule is NCCN(CCN)CCN1CCNCC1.NCCN1CCNCC1. The molecule has 8 N–H and O–H groups in total. The summed E-state index contributed by atoms with van der Waals surface area (Å²) in [7, 11) is 0. The second-order valence-corrected chi connectivity index (χ2v) is 6.39. The minimum atomic E-state index is 0.724. The molecular formula is C16H40N8. The van der Waals surface area contributed by atoms with Crippen LogP contribution in [-0.4, -0.2) is 119 Å². The van der Waals surface area contributed by atoms with E-state index in [4.69, 9.17) is 17.2 Å². The summed E-state index contributed by atoms with van der Waals surface area (Å²) in [5, 5.41) is 6.65. The van der Waals surface area contributed by atoms with Crippen molar-refractivity contribution >= 4 is 0 Å². The van der Waals surface area contributed by atoms with Crippen molar-refractivity contribution in [3.05, 3.63) is 0 Å². The van der Waals surface area contributed by atoms with Gasteiger partial charge < -0.3 is 27.8 Å². The van der Waals surface area contributed by atoms with Gasteiger partial charge in [-0.05, 0) is 0 Å². The van der Waals surface area contributed by atoms with E-state index in [-0.39, 0.29) is 0 Å². The van der Waals surface area contributed by atoms with Gasteiger partial charge in [-0.2, -0.15) is 0 Å². The van der Waals surface area contributed by atoms with Crippen LogP contribution in [0, 0.1) is 0 Å². The normalized spacial score (nSPS) is 20.0. The van der Waals surface area contributed by atoms with E-state index in [0.29, 0.717) is 0 Å². The van der Waals surface area contributed by atoms with Crippen LogP contribution in [0.1, 0.15) is 0 Å². The van der Waals surface area contributed by atoms with Gasteiger partial charge >= 0.3 is 0 Å². The molecule has 8 heteroatoms. The Morgan fingerprint density at radius 1 is 0.625 bits per heavy atom. The van der Waals surface area contributed by atoms with Gasteiger partial charge in [0.2, 0.25) is 0 Å². The van der Waals surface area contributed by atoms with Gasteiger partial charge in [-0.1, -0.05) is 0 Å². The van der Waals surface area contributed by atoms with E-state index in [0.717, 1.165) is 91.6 Å². The number of nitrogens with two attached hydrogens (primary N) is 3. The van der Waals surface area contributed by atoms with E-state index in [2.05, 4.69) is 25.3 Å². The fourth-order valence-corrected chi connectivity index (χ4v) is 3.04. The zero-order valence-electron chi connectivity index (χ0n) is 15.4. The summed E-state index contributed by atoms with van der Waals surface area (Å²) in [5.74, 6) is 0. The zero-order valence-corrected chi connectivity index (χ0v) is 15.4. The van der Waals surface area contributed by atoms with Gasteiger partial charge in [-0.3, -0.25) is 14.7 Å². The van der Waals surface area contributed by atoms with E-state index >= 15 is 0 Å². The average molecular weight is 345 g/mol. The topological polar surface area (TPSA) is 112 Å². The predicted molar refractivity (Wildman–Crippen MR) is 102 cm³/mol. The molecule has 8 nitrogen and oxygen atoms in total. The second-order valence-electron chi connectivity index (χ2n) is 6.39. The maximum atomic E-state index is 5.56. The molecule has 2 rings (SSSR count). The molecule has 0 saturated carbocycles. The Kier molecular flexibility index (Phi) is 13.6. The molecule has 0 bridgehead atoms. The molecule has 2 fully saturated rings. The quantitative estimate of drug-likeness (QED) is 0.300. The molecule has 0 aromatic heterocycles. The molecule has 2 heterocycles. The van der Waals surface area contributed by atoms with Crippen LogP contribution < -0.4 is 27.8 Å². The van der Waals surface area contributed by atoms with E-state index in [1.807, 2.05) is 0 Å². The smallest absolute Gasteiger partial charge is 0.0110 e. The van der Waals surface area contributed by atoms with Crippen LogP contribution in [0.3, 0.4) is 0 Å². The second kappa shape index (κ2) is 15.0. The van der Waals surface area contributed by atoms with E-state index < -0.39 is 0 Å². The van der Waals surface area contributed by atoms with Crippen LogP contribution in [0.15, 0.2) is 0 Å². The highest BCUT2D eigenvalue weighted by atomic mass is 15.2. The first-order valence-corrected chi connectivity index (χ1v) is 9.49. The molecule has 24 heavy (non-hydrogen) atoms. The number of nitrogens with zero attached hydrogens (tertiary/aromatic N) is 3. The van der Waals surface area contributed by atoms with Gasteiger partial charge in [0, 0.05) is 105 Å². The lowest BCUT2D eigenvalue weighted by atomic mass is 10.3. The van der Waals surface area contributed by atoms with Crippen molar-refractivity contribution in [3.63, 3.8) is 0 Å². The summed E-state index contributed by atoms with van der Waals surface area (Å²) in [6.07, 6.45) is 0. The Bertz CT molecular complexity index is 258. The lowest BCUT2D eigenvalue weighted by molar-refractivity contribution is 0.193. The molecule has 2 aliphatic heterocycles. The molecule has 0 atom stereocenters. The Labute approximate surface area is 148 Å². The van der Waals surface area contributed by atoms with Crippen LogP contribution in [0.4, 0.5) is 0 Å². The summed E-state index contributed by atoms with van der Waals surface area (Å²) in [4.78, 5) is 7.23. The van der Waals surface area contributed by atoms with Crippen LogP contribution in [0.25, 0.3) is 0 Å². The van der Waals surface area contributed by atoms with Gasteiger partial charge in [0.25, 0.3) is 0 Å². The van der Waals surface area contributed by atoms with Gasteiger partial charge in [-0.15, -0.1) is 0 Å². The summed E-state index contributed by atoms with van der Waals surface area (Å²) in [6.45, 7) is 16.6. The lowest BCUT2D eigenvalue weighted by Crippen LogP contribution is -2.47. The van der Waals surface area contributed by atoms with Crippen molar-refractivity contribution < 1.29 is 0 Å². The third-order valence-electron chi connectivity index (χ3n) is 4.49. The third kappa shape index (κ3) is 10.5. The van der Waals surface area contributed by atoms with Gasteiger partial charge in [0.15, 0.2) is 0 Å². The molecule has 0 spiro atoms. The minimum Gasteiger partial charge on any atom is -0.329 e.